The van der Waals surface area contributed by atoms with E-state index in [1.165, 1.54) is 5.56 Å². The van der Waals surface area contributed by atoms with Gasteiger partial charge in [-0.1, -0.05) is 17.3 Å². The van der Waals surface area contributed by atoms with Crippen LogP contribution in [0.1, 0.15) is 12.5 Å². The molecule has 1 heterocycles. The first-order valence-corrected chi connectivity index (χ1v) is 4.97. The van der Waals surface area contributed by atoms with Crippen molar-refractivity contribution in [3.63, 3.8) is 0 Å². The Morgan fingerprint density at radius 3 is 2.60 bits per heavy atom. The summed E-state index contributed by atoms with van der Waals surface area (Å²) < 4.78 is 1.73. The van der Waals surface area contributed by atoms with Gasteiger partial charge in [0.1, 0.15) is 0 Å². The van der Waals surface area contributed by atoms with Crippen molar-refractivity contribution >= 4 is 0 Å². The van der Waals surface area contributed by atoms with Crippen molar-refractivity contribution in [3.05, 3.63) is 42.2 Å². The van der Waals surface area contributed by atoms with Gasteiger partial charge in [0.2, 0.25) is 0 Å². The second kappa shape index (κ2) is 4.23. The zero-order valence-corrected chi connectivity index (χ0v) is 8.67. The zero-order valence-electron chi connectivity index (χ0n) is 8.67. The van der Waals surface area contributed by atoms with Crippen molar-refractivity contribution in [2.24, 2.45) is 5.73 Å². The fourth-order valence-corrected chi connectivity index (χ4v) is 1.50. The molecule has 0 aliphatic carbocycles. The first-order valence-electron chi connectivity index (χ1n) is 4.97. The molecule has 1 atom stereocenters. The van der Waals surface area contributed by atoms with Gasteiger partial charge >= 0.3 is 0 Å². The van der Waals surface area contributed by atoms with Crippen LogP contribution in [-0.2, 0) is 6.42 Å². The molecule has 1 aromatic heterocycles. The van der Waals surface area contributed by atoms with E-state index in [4.69, 9.17) is 5.73 Å². The molecule has 0 amide bonds. The first-order chi connectivity index (χ1) is 7.25. The number of nitrogens with zero attached hydrogens (tertiary/aromatic N) is 3. The molecule has 78 valence electrons. The largest absolute Gasteiger partial charge is 0.328 e. The van der Waals surface area contributed by atoms with Crippen LogP contribution in [0.3, 0.4) is 0 Å². The Morgan fingerprint density at radius 1 is 1.33 bits per heavy atom. The zero-order chi connectivity index (χ0) is 10.7. The monoisotopic (exact) mass is 202 g/mol. The smallest absolute Gasteiger partial charge is 0.0697 e. The van der Waals surface area contributed by atoms with Gasteiger partial charge in [-0.25, -0.2) is 4.68 Å². The van der Waals surface area contributed by atoms with Crippen LogP contribution < -0.4 is 5.73 Å². The average Bonchev–Trinajstić information content (AvgIpc) is 2.71. The van der Waals surface area contributed by atoms with Crippen LogP contribution in [0, 0.1) is 0 Å². The lowest BCUT2D eigenvalue weighted by Crippen LogP contribution is -2.17. The van der Waals surface area contributed by atoms with E-state index in [1.54, 1.807) is 10.9 Å². The minimum Gasteiger partial charge on any atom is -0.328 e. The third-order valence-corrected chi connectivity index (χ3v) is 2.18. The van der Waals surface area contributed by atoms with Gasteiger partial charge in [-0.15, -0.1) is 5.10 Å². The summed E-state index contributed by atoms with van der Waals surface area (Å²) in [6.07, 6.45) is 4.38. The minimum atomic E-state index is 0.197. The molecule has 1 aromatic carbocycles. The van der Waals surface area contributed by atoms with Crippen molar-refractivity contribution in [3.8, 4) is 5.69 Å². The summed E-state index contributed by atoms with van der Waals surface area (Å²) in [7, 11) is 0. The van der Waals surface area contributed by atoms with Gasteiger partial charge in [-0.05, 0) is 31.0 Å². The fraction of sp³-hybridized carbons (Fsp3) is 0.273. The van der Waals surface area contributed by atoms with Crippen molar-refractivity contribution in [2.75, 3.05) is 0 Å². The molecule has 0 spiro atoms. The highest BCUT2D eigenvalue weighted by Crippen LogP contribution is 2.09. The Balaban J connectivity index is 2.17. The quantitative estimate of drug-likeness (QED) is 0.812. The normalized spacial score (nSPS) is 12.7. The summed E-state index contributed by atoms with van der Waals surface area (Å²) in [5, 5.41) is 7.68. The maximum absolute atomic E-state index is 5.73. The van der Waals surface area contributed by atoms with Crippen molar-refractivity contribution < 1.29 is 0 Å². The number of hydrogen-bond donors (Lipinski definition) is 1. The van der Waals surface area contributed by atoms with Gasteiger partial charge in [0.05, 0.1) is 18.1 Å². The lowest BCUT2D eigenvalue weighted by molar-refractivity contribution is 0.737. The van der Waals surface area contributed by atoms with Crippen LogP contribution in [0.25, 0.3) is 5.69 Å². The molecular weight excluding hydrogens is 188 g/mol. The van der Waals surface area contributed by atoms with Gasteiger partial charge in [-0.3, -0.25) is 0 Å². The van der Waals surface area contributed by atoms with Crippen LogP contribution in [0.4, 0.5) is 0 Å². The molecule has 2 rings (SSSR count). The van der Waals surface area contributed by atoms with Gasteiger partial charge in [0.25, 0.3) is 0 Å². The van der Waals surface area contributed by atoms with Gasteiger partial charge in [0.15, 0.2) is 0 Å². The summed E-state index contributed by atoms with van der Waals surface area (Å²) in [6.45, 7) is 2.01. The summed E-state index contributed by atoms with van der Waals surface area (Å²) in [4.78, 5) is 0. The van der Waals surface area contributed by atoms with Crippen LogP contribution in [0.5, 0.6) is 0 Å². The van der Waals surface area contributed by atoms with E-state index in [-0.39, 0.29) is 6.04 Å². The van der Waals surface area contributed by atoms with Crippen LogP contribution in [-0.4, -0.2) is 21.0 Å². The molecule has 15 heavy (non-hydrogen) atoms. The standard InChI is InChI=1S/C11H14N4/c1-9(12)8-10-2-4-11(5-3-10)15-7-6-13-14-15/h2-7,9H,8,12H2,1H3. The summed E-state index contributed by atoms with van der Waals surface area (Å²) >= 11 is 0. The van der Waals surface area contributed by atoms with E-state index in [0.717, 1.165) is 12.1 Å². The van der Waals surface area contributed by atoms with E-state index < -0.39 is 0 Å². The van der Waals surface area contributed by atoms with E-state index in [0.29, 0.717) is 0 Å². The lowest BCUT2D eigenvalue weighted by atomic mass is 10.1. The molecule has 0 saturated heterocycles. The Bertz CT molecular complexity index is 403. The molecule has 1 unspecified atom stereocenters. The highest BCUT2D eigenvalue weighted by molar-refractivity contribution is 5.33. The third-order valence-electron chi connectivity index (χ3n) is 2.18. The van der Waals surface area contributed by atoms with E-state index in [2.05, 4.69) is 22.4 Å². The molecule has 0 radical (unpaired) electrons. The topological polar surface area (TPSA) is 56.7 Å². The van der Waals surface area contributed by atoms with E-state index in [9.17, 15) is 0 Å². The molecular formula is C11H14N4. The maximum Gasteiger partial charge on any atom is 0.0697 e. The second-order valence-corrected chi connectivity index (χ2v) is 3.70. The van der Waals surface area contributed by atoms with Crippen LogP contribution in [0.2, 0.25) is 0 Å². The van der Waals surface area contributed by atoms with Crippen LogP contribution >= 0.6 is 0 Å². The van der Waals surface area contributed by atoms with Crippen LogP contribution in [0.15, 0.2) is 36.7 Å². The molecule has 4 nitrogen and oxygen atoms in total. The van der Waals surface area contributed by atoms with Gasteiger partial charge < -0.3 is 5.73 Å². The fourth-order valence-electron chi connectivity index (χ4n) is 1.50. The number of benzene rings is 1. The molecule has 0 aliphatic rings. The predicted octanol–water partition coefficient (Wildman–Crippen LogP) is 1.16. The first kappa shape index (κ1) is 9.86. The highest BCUT2D eigenvalue weighted by Gasteiger charge is 1.99. The predicted molar refractivity (Wildman–Crippen MR) is 58.7 cm³/mol. The van der Waals surface area contributed by atoms with E-state index in [1.807, 2.05) is 25.3 Å². The molecule has 0 bridgehead atoms. The molecule has 0 aliphatic heterocycles. The highest BCUT2D eigenvalue weighted by atomic mass is 15.4. The number of hydrogen-bond acceptors (Lipinski definition) is 3. The molecule has 2 aromatic rings. The second-order valence-electron chi connectivity index (χ2n) is 3.70. The number of rotatable bonds is 3. The summed E-state index contributed by atoms with van der Waals surface area (Å²) in [5.74, 6) is 0. The number of nitrogens with two attached hydrogens (primary N) is 1. The SMILES string of the molecule is CC(N)Cc1ccc(-n2ccnn2)cc1. The average molecular weight is 202 g/mol. The molecule has 0 fully saturated rings. The Kier molecular flexibility index (Phi) is 2.78. The van der Waals surface area contributed by atoms with Gasteiger partial charge in [-0.2, -0.15) is 0 Å². The van der Waals surface area contributed by atoms with Crippen molar-refractivity contribution in [2.45, 2.75) is 19.4 Å². The van der Waals surface area contributed by atoms with Crippen molar-refractivity contribution in [1.29, 1.82) is 0 Å². The lowest BCUT2D eigenvalue weighted by Gasteiger charge is -2.06. The Morgan fingerprint density at radius 2 is 2.07 bits per heavy atom. The molecule has 2 N–H and O–H groups in total. The summed E-state index contributed by atoms with van der Waals surface area (Å²) in [5.41, 5.74) is 7.99. The molecule has 4 heteroatoms. The number of aromatic nitrogens is 3. The van der Waals surface area contributed by atoms with Crippen molar-refractivity contribution in [1.82, 2.24) is 15.0 Å². The Hall–Kier alpha value is -1.68. The summed E-state index contributed by atoms with van der Waals surface area (Å²) in [6, 6.07) is 8.38. The minimum absolute atomic E-state index is 0.197. The maximum atomic E-state index is 5.73. The Labute approximate surface area is 88.7 Å². The molecule has 0 saturated carbocycles. The van der Waals surface area contributed by atoms with Gasteiger partial charge in [0, 0.05) is 6.04 Å². The third kappa shape index (κ3) is 2.41. The van der Waals surface area contributed by atoms with E-state index >= 15 is 0 Å².